The summed E-state index contributed by atoms with van der Waals surface area (Å²) in [6.07, 6.45) is -1.46. The van der Waals surface area contributed by atoms with Crippen LogP contribution in [0.5, 0.6) is 0 Å². The third kappa shape index (κ3) is 2.42. The molecule has 1 aromatic heterocycles. The molecule has 1 aliphatic heterocycles. The SMILES string of the molecule is [N-]=[N+]=N[C@]1(O)C[C@H](n2cc(Cl)c(=O)[nH]c2=O)O[C@@H]1CO. The number of aliphatic hydroxyl groups is 2. The zero-order valence-electron chi connectivity index (χ0n) is 9.93. The van der Waals surface area contributed by atoms with E-state index in [1.54, 1.807) is 0 Å². The monoisotopic (exact) mass is 303 g/mol. The predicted molar refractivity (Wildman–Crippen MR) is 66.0 cm³/mol. The summed E-state index contributed by atoms with van der Waals surface area (Å²) in [6.45, 7) is -0.613. The Morgan fingerprint density at radius 2 is 2.40 bits per heavy atom. The van der Waals surface area contributed by atoms with E-state index in [1.807, 2.05) is 4.98 Å². The molecule has 1 aliphatic rings. The van der Waals surface area contributed by atoms with Gasteiger partial charge in [-0.15, -0.1) is 0 Å². The normalized spacial score (nSPS) is 29.1. The number of ether oxygens (including phenoxy) is 1. The van der Waals surface area contributed by atoms with Gasteiger partial charge in [0, 0.05) is 17.5 Å². The Balaban J connectivity index is 2.42. The van der Waals surface area contributed by atoms with E-state index in [0.717, 1.165) is 10.8 Å². The van der Waals surface area contributed by atoms with Crippen molar-refractivity contribution in [2.24, 2.45) is 5.11 Å². The molecule has 108 valence electrons. The van der Waals surface area contributed by atoms with Crippen molar-refractivity contribution in [2.45, 2.75) is 24.5 Å². The Morgan fingerprint density at radius 3 is 3.00 bits per heavy atom. The van der Waals surface area contributed by atoms with Gasteiger partial charge in [0.05, 0.1) is 6.61 Å². The van der Waals surface area contributed by atoms with Crippen LogP contribution < -0.4 is 11.2 Å². The average Bonchev–Trinajstić information content (AvgIpc) is 2.71. The molecule has 0 saturated carbocycles. The molecule has 1 saturated heterocycles. The van der Waals surface area contributed by atoms with Gasteiger partial charge in [0.2, 0.25) is 0 Å². The Labute approximate surface area is 115 Å². The van der Waals surface area contributed by atoms with Crippen molar-refractivity contribution >= 4 is 11.6 Å². The lowest BCUT2D eigenvalue weighted by Gasteiger charge is -2.19. The third-order valence-electron chi connectivity index (χ3n) is 2.93. The number of halogens is 1. The molecule has 0 bridgehead atoms. The fourth-order valence-electron chi connectivity index (χ4n) is 1.95. The van der Waals surface area contributed by atoms with E-state index in [4.69, 9.17) is 27.0 Å². The molecule has 20 heavy (non-hydrogen) atoms. The number of hydrogen-bond donors (Lipinski definition) is 3. The minimum atomic E-state index is -1.99. The first-order valence-electron chi connectivity index (χ1n) is 5.47. The second-order valence-corrected chi connectivity index (χ2v) is 4.58. The van der Waals surface area contributed by atoms with Crippen molar-refractivity contribution in [1.82, 2.24) is 9.55 Å². The van der Waals surface area contributed by atoms with Crippen LogP contribution in [-0.4, -0.2) is 38.2 Å². The molecule has 3 N–H and O–H groups in total. The maximum absolute atomic E-state index is 11.7. The van der Waals surface area contributed by atoms with Gasteiger partial charge < -0.3 is 14.9 Å². The number of aliphatic hydroxyl groups excluding tert-OH is 1. The van der Waals surface area contributed by atoms with Gasteiger partial charge in [-0.2, -0.15) is 0 Å². The topological polar surface area (TPSA) is 153 Å². The fraction of sp³-hybridized carbons (Fsp3) is 0.556. The minimum absolute atomic E-state index is 0.243. The van der Waals surface area contributed by atoms with Gasteiger partial charge in [0.15, 0.2) is 5.72 Å². The van der Waals surface area contributed by atoms with Gasteiger partial charge >= 0.3 is 5.69 Å². The van der Waals surface area contributed by atoms with Gasteiger partial charge in [0.25, 0.3) is 5.56 Å². The summed E-state index contributed by atoms with van der Waals surface area (Å²) in [5.41, 5.74) is 4.88. The maximum Gasteiger partial charge on any atom is 0.330 e. The van der Waals surface area contributed by atoms with Crippen molar-refractivity contribution in [3.63, 3.8) is 0 Å². The van der Waals surface area contributed by atoms with Crippen LogP contribution in [0.25, 0.3) is 10.4 Å². The van der Waals surface area contributed by atoms with E-state index < -0.39 is 35.9 Å². The van der Waals surface area contributed by atoms with Crippen LogP contribution in [0.4, 0.5) is 0 Å². The number of nitrogens with one attached hydrogen (secondary N) is 1. The zero-order chi connectivity index (χ0) is 14.9. The maximum atomic E-state index is 11.7. The zero-order valence-corrected chi connectivity index (χ0v) is 10.7. The van der Waals surface area contributed by atoms with Gasteiger partial charge in [-0.05, 0) is 5.53 Å². The molecular weight excluding hydrogens is 294 g/mol. The Morgan fingerprint density at radius 1 is 1.70 bits per heavy atom. The fourth-order valence-corrected chi connectivity index (χ4v) is 2.10. The highest BCUT2D eigenvalue weighted by molar-refractivity contribution is 6.30. The summed E-state index contributed by atoms with van der Waals surface area (Å²) in [7, 11) is 0. The van der Waals surface area contributed by atoms with E-state index in [-0.39, 0.29) is 11.4 Å². The molecular formula is C9H10ClN5O5. The van der Waals surface area contributed by atoms with Gasteiger partial charge in [-0.1, -0.05) is 16.7 Å². The first-order valence-corrected chi connectivity index (χ1v) is 5.85. The molecule has 0 radical (unpaired) electrons. The van der Waals surface area contributed by atoms with Gasteiger partial charge in [-0.25, -0.2) is 4.79 Å². The predicted octanol–water partition coefficient (Wildman–Crippen LogP) is -0.531. The van der Waals surface area contributed by atoms with Crippen LogP contribution in [0, 0.1) is 0 Å². The summed E-state index contributed by atoms with van der Waals surface area (Å²) in [4.78, 5) is 27.3. The highest BCUT2D eigenvalue weighted by Gasteiger charge is 2.47. The smallest absolute Gasteiger partial charge is 0.330 e. The molecule has 0 unspecified atom stereocenters. The van der Waals surface area contributed by atoms with E-state index in [9.17, 15) is 14.7 Å². The number of nitrogens with zero attached hydrogens (tertiary/aromatic N) is 4. The minimum Gasteiger partial charge on any atom is -0.394 e. The Hall–Kier alpha value is -1.84. The number of azide groups is 1. The van der Waals surface area contributed by atoms with Crippen molar-refractivity contribution in [3.8, 4) is 0 Å². The molecule has 2 rings (SSSR count). The molecule has 1 aromatic rings. The highest BCUT2D eigenvalue weighted by Crippen LogP contribution is 2.37. The first-order chi connectivity index (χ1) is 9.41. The average molecular weight is 304 g/mol. The third-order valence-corrected chi connectivity index (χ3v) is 3.20. The molecule has 2 heterocycles. The molecule has 10 nitrogen and oxygen atoms in total. The summed E-state index contributed by atoms with van der Waals surface area (Å²) in [5.74, 6) is 0. The summed E-state index contributed by atoms with van der Waals surface area (Å²) < 4.78 is 6.20. The Bertz CT molecular complexity index is 680. The van der Waals surface area contributed by atoms with Crippen molar-refractivity contribution in [2.75, 3.05) is 6.61 Å². The molecule has 1 fully saturated rings. The van der Waals surface area contributed by atoms with Crippen molar-refractivity contribution in [1.29, 1.82) is 0 Å². The number of aromatic amines is 1. The van der Waals surface area contributed by atoms with Crippen LogP contribution in [0.15, 0.2) is 20.9 Å². The molecule has 3 atom stereocenters. The van der Waals surface area contributed by atoms with Crippen molar-refractivity contribution < 1.29 is 14.9 Å². The number of aromatic nitrogens is 2. The second kappa shape index (κ2) is 5.27. The number of hydrogen-bond acceptors (Lipinski definition) is 6. The lowest BCUT2D eigenvalue weighted by atomic mass is 10.1. The number of H-pyrrole nitrogens is 1. The lowest BCUT2D eigenvalue weighted by Crippen LogP contribution is -2.38. The second-order valence-electron chi connectivity index (χ2n) is 4.18. The van der Waals surface area contributed by atoms with Crippen LogP contribution in [0.3, 0.4) is 0 Å². The van der Waals surface area contributed by atoms with E-state index >= 15 is 0 Å². The van der Waals surface area contributed by atoms with Crippen LogP contribution >= 0.6 is 11.6 Å². The molecule has 0 amide bonds. The van der Waals surface area contributed by atoms with Crippen LogP contribution in [0.1, 0.15) is 12.6 Å². The van der Waals surface area contributed by atoms with Crippen molar-refractivity contribution in [3.05, 3.63) is 42.5 Å². The van der Waals surface area contributed by atoms with Gasteiger partial charge in [-0.3, -0.25) is 14.3 Å². The largest absolute Gasteiger partial charge is 0.394 e. The van der Waals surface area contributed by atoms with E-state index in [1.165, 1.54) is 0 Å². The lowest BCUT2D eigenvalue weighted by molar-refractivity contribution is -0.0797. The molecule has 0 aromatic carbocycles. The highest BCUT2D eigenvalue weighted by atomic mass is 35.5. The Kier molecular flexibility index (Phi) is 3.84. The standard InChI is InChI=1S/C9H10ClN5O5/c10-4-2-15(8(18)12-7(4)17)6-1-9(19,13-14-11)5(3-16)20-6/h2,5-6,16,19H,1,3H2,(H,12,17,18)/t5-,6-,9+/m1/s1. The number of rotatable bonds is 3. The summed E-state index contributed by atoms with van der Waals surface area (Å²) in [5, 5.41) is 22.1. The van der Waals surface area contributed by atoms with E-state index in [2.05, 4.69) is 10.0 Å². The summed E-state index contributed by atoms with van der Waals surface area (Å²) in [6, 6.07) is 0. The molecule has 0 spiro atoms. The first kappa shape index (κ1) is 14.6. The quantitative estimate of drug-likeness (QED) is 0.389. The molecule has 11 heteroatoms. The molecule has 0 aliphatic carbocycles. The van der Waals surface area contributed by atoms with Crippen LogP contribution in [0.2, 0.25) is 5.02 Å². The van der Waals surface area contributed by atoms with Gasteiger partial charge in [0.1, 0.15) is 17.4 Å². The van der Waals surface area contributed by atoms with E-state index in [0.29, 0.717) is 0 Å². The van der Waals surface area contributed by atoms with Crippen LogP contribution in [-0.2, 0) is 4.74 Å². The summed E-state index contributed by atoms with van der Waals surface area (Å²) >= 11 is 5.61.